The Morgan fingerprint density at radius 3 is 1.90 bits per heavy atom. The zero-order chi connectivity index (χ0) is 14.5. The van der Waals surface area contributed by atoms with Crippen LogP contribution < -0.4 is 11.3 Å². The average molecular weight is 280 g/mol. The second-order valence-electron chi connectivity index (χ2n) is 4.68. The molecule has 3 N–H and O–H groups in total. The van der Waals surface area contributed by atoms with Gasteiger partial charge in [0.25, 0.3) is 0 Å². The van der Waals surface area contributed by atoms with Gasteiger partial charge in [0, 0.05) is 12.1 Å². The first-order chi connectivity index (χ1) is 9.56. The number of hydrazine groups is 1. The maximum Gasteiger partial charge on any atom is 0.126 e. The molecule has 2 rings (SSSR count). The van der Waals surface area contributed by atoms with Crippen molar-refractivity contribution in [2.24, 2.45) is 5.84 Å². The molecule has 0 fully saturated rings. The number of nitrogens with one attached hydrogen (secondary N) is 1. The van der Waals surface area contributed by atoms with Gasteiger partial charge in [0.2, 0.25) is 0 Å². The summed E-state index contributed by atoms with van der Waals surface area (Å²) in [5, 5.41) is 0. The molecule has 0 saturated carbocycles. The molecule has 106 valence electrons. The highest BCUT2D eigenvalue weighted by atomic mass is 19.1. The van der Waals surface area contributed by atoms with Crippen molar-refractivity contribution in [1.29, 1.82) is 0 Å². The molecule has 0 aromatic heterocycles. The minimum absolute atomic E-state index is 0.193. The molecule has 0 heterocycles. The average Bonchev–Trinajstić information content (AvgIpc) is 2.39. The zero-order valence-electron chi connectivity index (χ0n) is 10.7. The van der Waals surface area contributed by atoms with Gasteiger partial charge in [0.15, 0.2) is 0 Å². The monoisotopic (exact) mass is 280 g/mol. The molecule has 0 spiro atoms. The topological polar surface area (TPSA) is 38.0 Å². The van der Waals surface area contributed by atoms with Gasteiger partial charge in [-0.15, -0.1) is 0 Å². The van der Waals surface area contributed by atoms with Crippen LogP contribution in [0.5, 0.6) is 0 Å². The lowest BCUT2D eigenvalue weighted by atomic mass is 9.99. The summed E-state index contributed by atoms with van der Waals surface area (Å²) < 4.78 is 39.1. The smallest absolute Gasteiger partial charge is 0.126 e. The van der Waals surface area contributed by atoms with E-state index in [-0.39, 0.29) is 11.9 Å². The molecule has 2 nitrogen and oxygen atoms in total. The van der Waals surface area contributed by atoms with Gasteiger partial charge in [-0.25, -0.2) is 13.2 Å². The number of nitrogens with two attached hydrogens (primary N) is 1. The lowest BCUT2D eigenvalue weighted by Gasteiger charge is -2.16. The summed E-state index contributed by atoms with van der Waals surface area (Å²) in [6, 6.07) is 9.24. The summed E-state index contributed by atoms with van der Waals surface area (Å²) in [6.07, 6.45) is 0.914. The molecule has 20 heavy (non-hydrogen) atoms. The van der Waals surface area contributed by atoms with Crippen molar-refractivity contribution in [2.75, 3.05) is 0 Å². The number of hydrogen-bond acceptors (Lipinski definition) is 2. The summed E-state index contributed by atoms with van der Waals surface area (Å²) in [4.78, 5) is 0. The van der Waals surface area contributed by atoms with Crippen molar-refractivity contribution in [2.45, 2.75) is 18.9 Å². The largest absolute Gasteiger partial charge is 0.271 e. The van der Waals surface area contributed by atoms with Crippen LogP contribution in [0.4, 0.5) is 13.2 Å². The molecular formula is C15H15F3N2. The molecule has 1 atom stereocenters. The van der Waals surface area contributed by atoms with Crippen LogP contribution in [-0.2, 0) is 12.8 Å². The fourth-order valence-electron chi connectivity index (χ4n) is 2.11. The van der Waals surface area contributed by atoms with Gasteiger partial charge in [-0.05, 0) is 48.2 Å². The van der Waals surface area contributed by atoms with Gasteiger partial charge in [-0.3, -0.25) is 11.3 Å². The first kappa shape index (κ1) is 14.6. The van der Waals surface area contributed by atoms with Gasteiger partial charge in [0.05, 0.1) is 0 Å². The van der Waals surface area contributed by atoms with Crippen LogP contribution in [0, 0.1) is 17.5 Å². The molecule has 0 aliphatic heterocycles. The van der Waals surface area contributed by atoms with E-state index in [0.717, 1.165) is 11.6 Å². The Hall–Kier alpha value is -1.85. The van der Waals surface area contributed by atoms with Crippen molar-refractivity contribution in [3.8, 4) is 0 Å². The van der Waals surface area contributed by atoms with E-state index in [1.54, 1.807) is 12.1 Å². The summed E-state index contributed by atoms with van der Waals surface area (Å²) >= 11 is 0. The molecule has 1 unspecified atom stereocenters. The standard InChI is InChI=1S/C15H15F3N2/c16-12-3-1-10(2-4-12)7-15(20-19)8-11-5-13(17)9-14(18)6-11/h1-6,9,15,20H,7-8,19H2. The number of rotatable bonds is 5. The second-order valence-corrected chi connectivity index (χ2v) is 4.68. The Kier molecular flexibility index (Phi) is 4.76. The van der Waals surface area contributed by atoms with Gasteiger partial charge < -0.3 is 0 Å². The fourth-order valence-corrected chi connectivity index (χ4v) is 2.11. The molecule has 2 aromatic carbocycles. The highest BCUT2D eigenvalue weighted by Gasteiger charge is 2.11. The SMILES string of the molecule is NNC(Cc1ccc(F)cc1)Cc1cc(F)cc(F)c1. The number of benzene rings is 2. The van der Waals surface area contributed by atoms with Crippen LogP contribution in [-0.4, -0.2) is 6.04 Å². The van der Waals surface area contributed by atoms with E-state index >= 15 is 0 Å². The van der Waals surface area contributed by atoms with E-state index in [4.69, 9.17) is 5.84 Å². The molecule has 0 amide bonds. The second kappa shape index (κ2) is 6.54. The van der Waals surface area contributed by atoms with Crippen LogP contribution in [0.1, 0.15) is 11.1 Å². The van der Waals surface area contributed by atoms with Gasteiger partial charge in [-0.2, -0.15) is 0 Å². The van der Waals surface area contributed by atoms with Crippen molar-refractivity contribution in [1.82, 2.24) is 5.43 Å². The van der Waals surface area contributed by atoms with Crippen molar-refractivity contribution >= 4 is 0 Å². The third-order valence-electron chi connectivity index (χ3n) is 3.04. The summed E-state index contributed by atoms with van der Waals surface area (Å²) in [5.41, 5.74) is 4.03. The molecule has 2 aromatic rings. The normalized spacial score (nSPS) is 12.4. The maximum absolute atomic E-state index is 13.1. The highest BCUT2D eigenvalue weighted by molar-refractivity contribution is 5.21. The number of hydrogen-bond donors (Lipinski definition) is 2. The summed E-state index contributed by atoms with van der Waals surface area (Å²) in [5.74, 6) is 3.93. The molecule has 0 bridgehead atoms. The van der Waals surface area contributed by atoms with E-state index in [2.05, 4.69) is 5.43 Å². The van der Waals surface area contributed by atoms with Gasteiger partial charge in [0.1, 0.15) is 17.5 Å². The van der Waals surface area contributed by atoms with Crippen LogP contribution in [0.3, 0.4) is 0 Å². The number of halogens is 3. The minimum Gasteiger partial charge on any atom is -0.271 e. The van der Waals surface area contributed by atoms with Crippen molar-refractivity contribution in [3.63, 3.8) is 0 Å². The van der Waals surface area contributed by atoms with Gasteiger partial charge >= 0.3 is 0 Å². The van der Waals surface area contributed by atoms with E-state index < -0.39 is 11.6 Å². The van der Waals surface area contributed by atoms with Crippen molar-refractivity contribution in [3.05, 3.63) is 71.0 Å². The maximum atomic E-state index is 13.1. The Morgan fingerprint density at radius 2 is 1.35 bits per heavy atom. The third-order valence-corrected chi connectivity index (χ3v) is 3.04. The summed E-state index contributed by atoms with van der Waals surface area (Å²) in [7, 11) is 0. The predicted octanol–water partition coefficient (Wildman–Crippen LogP) is 2.72. The Bertz CT molecular complexity index is 550. The quantitative estimate of drug-likeness (QED) is 0.653. The molecule has 0 radical (unpaired) electrons. The first-order valence-corrected chi connectivity index (χ1v) is 6.22. The lowest BCUT2D eigenvalue weighted by Crippen LogP contribution is -2.38. The van der Waals surface area contributed by atoms with E-state index in [0.29, 0.717) is 18.4 Å². The zero-order valence-corrected chi connectivity index (χ0v) is 10.7. The Morgan fingerprint density at radius 1 is 0.800 bits per heavy atom. The predicted molar refractivity (Wildman–Crippen MR) is 71.3 cm³/mol. The van der Waals surface area contributed by atoms with Crippen LogP contribution >= 0.6 is 0 Å². The molecule has 0 aliphatic carbocycles. The molecular weight excluding hydrogens is 265 g/mol. The first-order valence-electron chi connectivity index (χ1n) is 6.22. The van der Waals surface area contributed by atoms with E-state index in [1.165, 1.54) is 24.3 Å². The molecule has 0 aliphatic rings. The Balaban J connectivity index is 2.06. The fraction of sp³-hybridized carbons (Fsp3) is 0.200. The molecule has 5 heteroatoms. The van der Waals surface area contributed by atoms with Crippen LogP contribution in [0.2, 0.25) is 0 Å². The van der Waals surface area contributed by atoms with Crippen molar-refractivity contribution < 1.29 is 13.2 Å². The lowest BCUT2D eigenvalue weighted by molar-refractivity contribution is 0.515. The van der Waals surface area contributed by atoms with Gasteiger partial charge in [-0.1, -0.05) is 12.1 Å². The Labute approximate surface area is 115 Å². The van der Waals surface area contributed by atoms with Crippen LogP contribution in [0.15, 0.2) is 42.5 Å². The van der Waals surface area contributed by atoms with Crippen LogP contribution in [0.25, 0.3) is 0 Å². The third kappa shape index (κ3) is 4.08. The minimum atomic E-state index is -0.613. The van der Waals surface area contributed by atoms with E-state index in [9.17, 15) is 13.2 Å². The van der Waals surface area contributed by atoms with E-state index in [1.807, 2.05) is 0 Å². The highest BCUT2D eigenvalue weighted by Crippen LogP contribution is 2.13. The summed E-state index contributed by atoms with van der Waals surface area (Å²) in [6.45, 7) is 0. The molecule has 0 saturated heterocycles.